The lowest BCUT2D eigenvalue weighted by molar-refractivity contribution is 0.607. The fourth-order valence-electron chi connectivity index (χ4n) is 15.0. The summed E-state index contributed by atoms with van der Waals surface area (Å²) in [6.45, 7) is 13.9. The topological polar surface area (TPSA) is 77.3 Å². The molecule has 0 aliphatic heterocycles. The van der Waals surface area contributed by atoms with E-state index in [1.807, 2.05) is 0 Å². The van der Waals surface area contributed by atoms with Crippen molar-refractivity contribution in [3.05, 3.63) is 143 Å². The molecule has 7 aromatic carbocycles. The van der Waals surface area contributed by atoms with E-state index in [9.17, 15) is 0 Å². The summed E-state index contributed by atoms with van der Waals surface area (Å²) < 4.78 is 0. The van der Waals surface area contributed by atoms with Crippen LogP contribution in [-0.4, -0.2) is 29.9 Å². The summed E-state index contributed by atoms with van der Waals surface area (Å²) in [6.07, 6.45) is 51.4. The predicted molar refractivity (Wildman–Crippen MR) is 420 cm³/mol. The quantitative estimate of drug-likeness (QED) is 0.0355. The lowest BCUT2D eigenvalue weighted by atomic mass is 9.99. The summed E-state index contributed by atoms with van der Waals surface area (Å²) in [5, 5.41) is 6.61. The second kappa shape index (κ2) is 39.1. The van der Waals surface area contributed by atoms with Crippen molar-refractivity contribution in [2.24, 2.45) is 0 Å². The van der Waals surface area contributed by atoms with E-state index in [1.165, 1.54) is 226 Å². The Morgan fingerprint density at radius 1 is 0.167 bits per heavy atom. The monoisotopic (exact) mass is 1280 g/mol. The van der Waals surface area contributed by atoms with E-state index in [1.54, 1.807) is 0 Å². The van der Waals surface area contributed by atoms with E-state index in [4.69, 9.17) is 29.9 Å². The fraction of sp³-hybridized carbons (Fsp3) is 0.533. The molecule has 3 heterocycles. The van der Waals surface area contributed by atoms with Crippen molar-refractivity contribution in [3.8, 4) is 0 Å². The number of fused-ring (bicyclic) bond motifs is 15. The zero-order chi connectivity index (χ0) is 66.5. The van der Waals surface area contributed by atoms with Crippen molar-refractivity contribution in [1.29, 1.82) is 0 Å². The molecule has 10 aromatic rings. The first-order valence-electron chi connectivity index (χ1n) is 39.7. The molecule has 0 saturated carbocycles. The van der Waals surface area contributed by atoms with Crippen LogP contribution in [0.1, 0.15) is 306 Å². The molecule has 6 heteroatoms. The Hall–Kier alpha value is -6.66. The number of aryl methyl sites for hydroxylation is 6. The number of nitrogens with zero attached hydrogens (tertiary/aromatic N) is 6. The van der Waals surface area contributed by atoms with Crippen molar-refractivity contribution in [3.63, 3.8) is 0 Å². The van der Waals surface area contributed by atoms with E-state index in [0.29, 0.717) is 0 Å². The number of aromatic nitrogens is 6. The molecule has 0 amide bonds. The molecule has 0 spiro atoms. The Balaban J connectivity index is 1.34. The molecule has 0 N–H and O–H groups in total. The smallest absolute Gasteiger partial charge is 0.120 e. The Kier molecular flexibility index (Phi) is 29.3. The highest BCUT2D eigenvalue weighted by molar-refractivity contribution is 6.22. The highest BCUT2D eigenvalue weighted by Crippen LogP contribution is 2.37. The first-order chi connectivity index (χ1) is 47.4. The molecule has 6 nitrogen and oxygen atoms in total. The summed E-state index contributed by atoms with van der Waals surface area (Å²) in [5.74, 6) is 0. The van der Waals surface area contributed by atoms with Gasteiger partial charge in [0.05, 0.1) is 33.1 Å². The van der Waals surface area contributed by atoms with Gasteiger partial charge in [0.25, 0.3) is 0 Å². The minimum absolute atomic E-state index is 0.720. The van der Waals surface area contributed by atoms with Gasteiger partial charge < -0.3 is 0 Å². The van der Waals surface area contributed by atoms with Gasteiger partial charge in [0.1, 0.15) is 33.1 Å². The SMILES string of the molecule is CCCCCCCCc1ccc2c(c1)nc1c3nc4cc(CCCCCCCC)ccc4c4ccc(CCCCCCCC)cc4nc3c3nc4cc(CCCCCCCC)ccc4c4ccc(CCCCCCCC)cc4nc3c1nc1cc(CCCCCCCC)ccc12. The molecule has 0 saturated heterocycles. The zero-order valence-electron chi connectivity index (χ0n) is 60.8. The van der Waals surface area contributed by atoms with Gasteiger partial charge in [-0.2, -0.15) is 0 Å². The van der Waals surface area contributed by atoms with Crippen LogP contribution >= 0.6 is 0 Å². The van der Waals surface area contributed by atoms with Gasteiger partial charge in [0.2, 0.25) is 0 Å². The first-order valence-corrected chi connectivity index (χ1v) is 39.7. The van der Waals surface area contributed by atoms with Crippen LogP contribution in [0.15, 0.2) is 109 Å². The zero-order valence-corrected chi connectivity index (χ0v) is 60.8. The summed E-state index contributed by atoms with van der Waals surface area (Å²) in [4.78, 5) is 36.5. The number of benzene rings is 7. The highest BCUT2D eigenvalue weighted by atomic mass is 14.9. The van der Waals surface area contributed by atoms with Crippen LogP contribution in [0.5, 0.6) is 0 Å². The highest BCUT2D eigenvalue weighted by Gasteiger charge is 2.20. The van der Waals surface area contributed by atoms with Gasteiger partial charge >= 0.3 is 0 Å². The average Bonchev–Trinajstić information content (AvgIpc) is 0.728. The molecular weight excluding hydrogens is 1170 g/mol. The summed E-state index contributed by atoms with van der Waals surface area (Å²) in [7, 11) is 0. The largest absolute Gasteiger partial charge is 0.244 e. The predicted octanol–water partition coefficient (Wildman–Crippen LogP) is 27.5. The molecule has 96 heavy (non-hydrogen) atoms. The summed E-state index contributed by atoms with van der Waals surface area (Å²) in [6, 6.07) is 42.7. The molecule has 0 radical (unpaired) electrons. The standard InChI is InChI=1S/C90H120N6/c1-7-13-19-25-31-37-43-67-49-55-73-74-56-50-68(44-38-32-26-20-14-8-2)62-80(74)92-86-85(91-79(73)61-67)87-89(95-82-64-70(46-40-34-28-22-16-10-4)52-58-76(82)75-57-51-69(63-81(75)93-87)45-39-33-27-21-15-9-3)90-88(86)94-83-65-71(47-41-35-29-23-17-11-5)53-59-77(83)78-60-54-72(66-84(78)96-90)48-42-36-30-24-18-12-6/h49-66H,7-48H2,1-6H3. The van der Waals surface area contributed by atoms with Gasteiger partial charge in [-0.3, -0.25) is 0 Å². The van der Waals surface area contributed by atoms with Crippen LogP contribution in [0.2, 0.25) is 0 Å². The second-order valence-electron chi connectivity index (χ2n) is 29.0. The van der Waals surface area contributed by atoms with E-state index < -0.39 is 0 Å². The van der Waals surface area contributed by atoms with Crippen LogP contribution in [0, 0.1) is 0 Å². The molecule has 0 bridgehead atoms. The average molecular weight is 1290 g/mol. The van der Waals surface area contributed by atoms with Gasteiger partial charge in [-0.1, -0.05) is 307 Å². The van der Waals surface area contributed by atoms with E-state index >= 15 is 0 Å². The van der Waals surface area contributed by atoms with Crippen molar-refractivity contribution >= 4 is 98.5 Å². The molecule has 10 rings (SSSR count). The lowest BCUT2D eigenvalue weighted by Gasteiger charge is -2.12. The third-order valence-corrected chi connectivity index (χ3v) is 20.9. The summed E-state index contributed by atoms with van der Waals surface area (Å²) >= 11 is 0. The Bertz CT molecular complexity index is 3470. The van der Waals surface area contributed by atoms with Crippen molar-refractivity contribution < 1.29 is 0 Å². The van der Waals surface area contributed by atoms with Crippen molar-refractivity contribution in [2.75, 3.05) is 0 Å². The van der Waals surface area contributed by atoms with Crippen LogP contribution in [0.3, 0.4) is 0 Å². The number of hydrogen-bond acceptors (Lipinski definition) is 6. The lowest BCUT2D eigenvalue weighted by Crippen LogP contribution is -1.98. The molecular formula is C90H120N6. The van der Waals surface area contributed by atoms with Crippen molar-refractivity contribution in [2.45, 2.75) is 311 Å². The van der Waals surface area contributed by atoms with E-state index in [-0.39, 0.29) is 0 Å². The third-order valence-electron chi connectivity index (χ3n) is 20.9. The molecule has 0 aliphatic rings. The maximum Gasteiger partial charge on any atom is 0.120 e. The first kappa shape index (κ1) is 72.1. The fourth-order valence-corrected chi connectivity index (χ4v) is 15.0. The second-order valence-corrected chi connectivity index (χ2v) is 29.0. The van der Waals surface area contributed by atoms with Gasteiger partial charge in [-0.25, -0.2) is 29.9 Å². The minimum atomic E-state index is 0.720. The maximum atomic E-state index is 6.09. The molecule has 0 atom stereocenters. The molecule has 0 unspecified atom stereocenters. The summed E-state index contributed by atoms with van der Waals surface area (Å²) in [5.41, 5.74) is 17.9. The van der Waals surface area contributed by atoms with Gasteiger partial charge in [-0.15, -0.1) is 0 Å². The van der Waals surface area contributed by atoms with E-state index in [0.717, 1.165) is 176 Å². The third kappa shape index (κ3) is 20.2. The van der Waals surface area contributed by atoms with E-state index in [2.05, 4.69) is 151 Å². The number of rotatable bonds is 42. The number of hydrogen-bond donors (Lipinski definition) is 0. The van der Waals surface area contributed by atoms with Gasteiger partial charge in [0, 0.05) is 32.3 Å². The molecule has 510 valence electrons. The minimum Gasteiger partial charge on any atom is -0.244 e. The molecule has 0 fully saturated rings. The van der Waals surface area contributed by atoms with Gasteiger partial charge in [0.15, 0.2) is 0 Å². The van der Waals surface area contributed by atoms with Crippen LogP contribution < -0.4 is 0 Å². The van der Waals surface area contributed by atoms with Gasteiger partial charge in [-0.05, 0) is 147 Å². The Morgan fingerprint density at radius 2 is 0.302 bits per heavy atom. The molecule has 0 aliphatic carbocycles. The molecule has 3 aromatic heterocycles. The Labute approximate surface area is 578 Å². The van der Waals surface area contributed by atoms with Crippen LogP contribution in [0.25, 0.3) is 98.5 Å². The number of unbranched alkanes of at least 4 members (excludes halogenated alkanes) is 30. The van der Waals surface area contributed by atoms with Crippen LogP contribution in [0.4, 0.5) is 0 Å². The van der Waals surface area contributed by atoms with Crippen molar-refractivity contribution in [1.82, 2.24) is 29.9 Å². The normalized spacial score (nSPS) is 11.9. The maximum absolute atomic E-state index is 6.09. The van der Waals surface area contributed by atoms with Crippen LogP contribution in [-0.2, 0) is 38.5 Å². The Morgan fingerprint density at radius 3 is 0.448 bits per heavy atom.